The van der Waals surface area contributed by atoms with Crippen molar-refractivity contribution in [1.29, 1.82) is 0 Å². The molecule has 0 aromatic carbocycles. The van der Waals surface area contributed by atoms with E-state index >= 15 is 0 Å². The van der Waals surface area contributed by atoms with E-state index in [2.05, 4.69) is 0 Å². The predicted molar refractivity (Wildman–Crippen MR) is 48.7 cm³/mol. The van der Waals surface area contributed by atoms with Crippen LogP contribution >= 0.6 is 0 Å². The average molecular weight is 205 g/mol. The van der Waals surface area contributed by atoms with Crippen LogP contribution in [0.3, 0.4) is 0 Å². The van der Waals surface area contributed by atoms with Crippen molar-refractivity contribution in [2.24, 2.45) is 5.92 Å². The highest BCUT2D eigenvalue weighted by molar-refractivity contribution is 7.90. The zero-order valence-corrected chi connectivity index (χ0v) is 8.33. The molecule has 1 unspecified atom stereocenters. The minimum absolute atomic E-state index is 0.107. The molecule has 0 spiro atoms. The summed E-state index contributed by atoms with van der Waals surface area (Å²) >= 11 is 0. The Morgan fingerprint density at radius 3 is 2.46 bits per heavy atom. The normalized spacial score (nSPS) is 31.0. The van der Waals surface area contributed by atoms with Crippen LogP contribution in [-0.2, 0) is 10.0 Å². The molecule has 1 atom stereocenters. The molecule has 1 aliphatic carbocycles. The minimum atomic E-state index is -2.99. The highest BCUT2D eigenvalue weighted by Gasteiger charge is 2.42. The van der Waals surface area contributed by atoms with Gasteiger partial charge in [-0.3, -0.25) is 0 Å². The van der Waals surface area contributed by atoms with Crippen LogP contribution in [0.4, 0.5) is 0 Å². The van der Waals surface area contributed by atoms with Crippen LogP contribution in [0.5, 0.6) is 0 Å². The van der Waals surface area contributed by atoms with E-state index in [0.29, 0.717) is 13.1 Å². The second-order valence-corrected chi connectivity index (χ2v) is 6.15. The van der Waals surface area contributed by atoms with E-state index < -0.39 is 10.0 Å². The van der Waals surface area contributed by atoms with Gasteiger partial charge >= 0.3 is 0 Å². The van der Waals surface area contributed by atoms with E-state index in [1.54, 1.807) is 4.31 Å². The van der Waals surface area contributed by atoms with Gasteiger partial charge in [0, 0.05) is 19.7 Å². The number of nitrogens with zero attached hydrogens (tertiary/aromatic N) is 1. The van der Waals surface area contributed by atoms with Crippen LogP contribution < -0.4 is 0 Å². The van der Waals surface area contributed by atoms with E-state index in [9.17, 15) is 8.42 Å². The molecular formula is C8H15NO3S. The molecule has 2 rings (SSSR count). The van der Waals surface area contributed by atoms with Crippen molar-refractivity contribution >= 4 is 10.0 Å². The summed E-state index contributed by atoms with van der Waals surface area (Å²) in [4.78, 5) is 0. The van der Waals surface area contributed by atoms with E-state index in [-0.39, 0.29) is 17.8 Å². The first-order valence-electron chi connectivity index (χ1n) is 4.74. The molecule has 5 heteroatoms. The number of hydrogen-bond donors (Lipinski definition) is 1. The summed E-state index contributed by atoms with van der Waals surface area (Å²) in [6, 6.07) is 0. The van der Waals surface area contributed by atoms with E-state index in [1.807, 2.05) is 0 Å². The number of sulfonamides is 1. The lowest BCUT2D eigenvalue weighted by Crippen LogP contribution is -2.32. The van der Waals surface area contributed by atoms with Gasteiger partial charge < -0.3 is 5.11 Å². The molecule has 0 amide bonds. The molecule has 0 radical (unpaired) electrons. The summed E-state index contributed by atoms with van der Waals surface area (Å²) in [7, 11) is -2.99. The minimum Gasteiger partial charge on any atom is -0.396 e. The zero-order valence-electron chi connectivity index (χ0n) is 7.52. The van der Waals surface area contributed by atoms with Crippen LogP contribution in [-0.4, -0.2) is 42.8 Å². The lowest BCUT2D eigenvalue weighted by Gasteiger charge is -2.15. The Hall–Kier alpha value is -0.130. The third-order valence-corrected chi connectivity index (χ3v) is 5.18. The molecule has 4 nitrogen and oxygen atoms in total. The fourth-order valence-corrected chi connectivity index (χ4v) is 3.69. The molecule has 2 fully saturated rings. The lowest BCUT2D eigenvalue weighted by molar-refractivity contribution is 0.233. The first-order valence-corrected chi connectivity index (χ1v) is 6.24. The third-order valence-electron chi connectivity index (χ3n) is 2.81. The largest absolute Gasteiger partial charge is 0.396 e. The summed E-state index contributed by atoms with van der Waals surface area (Å²) in [5.41, 5.74) is 0. The molecule has 1 aliphatic heterocycles. The molecule has 1 saturated heterocycles. The van der Waals surface area contributed by atoms with E-state index in [1.165, 1.54) is 0 Å². The predicted octanol–water partition coefficient (Wildman–Crippen LogP) is -0.207. The third kappa shape index (κ3) is 1.73. The van der Waals surface area contributed by atoms with Gasteiger partial charge in [-0.15, -0.1) is 0 Å². The van der Waals surface area contributed by atoms with Crippen molar-refractivity contribution in [3.63, 3.8) is 0 Å². The number of aliphatic hydroxyl groups excluding tert-OH is 1. The second-order valence-electron chi connectivity index (χ2n) is 3.94. The van der Waals surface area contributed by atoms with Crippen LogP contribution in [0.2, 0.25) is 0 Å². The monoisotopic (exact) mass is 205 g/mol. The number of hydrogen-bond acceptors (Lipinski definition) is 3. The molecule has 0 aromatic rings. The average Bonchev–Trinajstić information content (AvgIpc) is 2.84. The van der Waals surface area contributed by atoms with Gasteiger partial charge in [0.25, 0.3) is 0 Å². The summed E-state index contributed by atoms with van der Waals surface area (Å²) in [5, 5.41) is 8.78. The Morgan fingerprint density at radius 2 is 2.00 bits per heavy atom. The molecule has 13 heavy (non-hydrogen) atoms. The van der Waals surface area contributed by atoms with Crippen molar-refractivity contribution in [1.82, 2.24) is 4.31 Å². The van der Waals surface area contributed by atoms with Crippen molar-refractivity contribution in [2.75, 3.05) is 19.7 Å². The van der Waals surface area contributed by atoms with Crippen molar-refractivity contribution in [3.05, 3.63) is 0 Å². The van der Waals surface area contributed by atoms with Crippen molar-refractivity contribution < 1.29 is 13.5 Å². The maximum Gasteiger partial charge on any atom is 0.216 e. The Labute approximate surface area is 78.6 Å². The van der Waals surface area contributed by atoms with Crippen molar-refractivity contribution in [2.45, 2.75) is 24.5 Å². The number of rotatable bonds is 3. The molecule has 0 aromatic heterocycles. The summed E-state index contributed by atoms with van der Waals surface area (Å²) in [6.45, 7) is 1.23. The number of aliphatic hydroxyl groups is 1. The Morgan fingerprint density at radius 1 is 1.31 bits per heavy atom. The van der Waals surface area contributed by atoms with Gasteiger partial charge in [-0.1, -0.05) is 0 Å². The Balaban J connectivity index is 2.02. The van der Waals surface area contributed by atoms with Crippen LogP contribution in [0, 0.1) is 5.92 Å². The van der Waals surface area contributed by atoms with Gasteiger partial charge in [0.1, 0.15) is 0 Å². The SMILES string of the molecule is O=S(=O)(C1CC1)N1CCC(CO)C1. The molecule has 0 bridgehead atoms. The van der Waals surface area contributed by atoms with E-state index in [0.717, 1.165) is 19.3 Å². The molecular weight excluding hydrogens is 190 g/mol. The van der Waals surface area contributed by atoms with Gasteiger partial charge in [-0.25, -0.2) is 12.7 Å². The van der Waals surface area contributed by atoms with Gasteiger partial charge in [-0.05, 0) is 25.2 Å². The molecule has 1 saturated carbocycles. The second kappa shape index (κ2) is 3.22. The highest BCUT2D eigenvalue weighted by atomic mass is 32.2. The lowest BCUT2D eigenvalue weighted by atomic mass is 10.1. The highest BCUT2D eigenvalue weighted by Crippen LogP contribution is 2.33. The summed E-state index contributed by atoms with van der Waals surface area (Å²) in [6.07, 6.45) is 2.45. The molecule has 1 heterocycles. The molecule has 2 aliphatic rings. The van der Waals surface area contributed by atoms with Crippen LogP contribution in [0.15, 0.2) is 0 Å². The maximum atomic E-state index is 11.7. The maximum absolute atomic E-state index is 11.7. The van der Waals surface area contributed by atoms with Gasteiger partial charge in [0.05, 0.1) is 5.25 Å². The Kier molecular flexibility index (Phi) is 2.33. The summed E-state index contributed by atoms with van der Waals surface area (Å²) in [5.74, 6) is 0.161. The standard InChI is InChI=1S/C8H15NO3S/c10-6-7-3-4-9(5-7)13(11,12)8-1-2-8/h7-8,10H,1-6H2. The van der Waals surface area contributed by atoms with E-state index in [4.69, 9.17) is 5.11 Å². The van der Waals surface area contributed by atoms with Gasteiger partial charge in [-0.2, -0.15) is 0 Å². The smallest absolute Gasteiger partial charge is 0.216 e. The quantitative estimate of drug-likeness (QED) is 0.693. The van der Waals surface area contributed by atoms with Crippen LogP contribution in [0.1, 0.15) is 19.3 Å². The zero-order chi connectivity index (χ0) is 9.47. The first-order chi connectivity index (χ1) is 6.14. The van der Waals surface area contributed by atoms with Gasteiger partial charge in [0.2, 0.25) is 10.0 Å². The molecule has 76 valence electrons. The molecule has 1 N–H and O–H groups in total. The Bertz CT molecular complexity index is 284. The summed E-state index contributed by atoms with van der Waals surface area (Å²) < 4.78 is 24.9. The first kappa shape index (κ1) is 9.43. The van der Waals surface area contributed by atoms with Crippen molar-refractivity contribution in [3.8, 4) is 0 Å². The fraction of sp³-hybridized carbons (Fsp3) is 1.00. The van der Waals surface area contributed by atoms with Gasteiger partial charge in [0.15, 0.2) is 0 Å². The fourth-order valence-electron chi connectivity index (χ4n) is 1.75. The topological polar surface area (TPSA) is 57.6 Å². The van der Waals surface area contributed by atoms with Crippen LogP contribution in [0.25, 0.3) is 0 Å².